The van der Waals surface area contributed by atoms with E-state index in [1.807, 2.05) is 31.2 Å². The average molecular weight is 292 g/mol. The molecule has 88 valence electrons. The Morgan fingerprint density at radius 1 is 1.29 bits per heavy atom. The van der Waals surface area contributed by atoms with Gasteiger partial charge >= 0.3 is 0 Å². The van der Waals surface area contributed by atoms with E-state index in [2.05, 4.69) is 33.9 Å². The molecule has 0 spiro atoms. The van der Waals surface area contributed by atoms with Gasteiger partial charge in [-0.2, -0.15) is 0 Å². The van der Waals surface area contributed by atoms with Crippen molar-refractivity contribution in [2.24, 2.45) is 0 Å². The maximum absolute atomic E-state index is 5.80. The number of nitrogens with zero attached hydrogens (tertiary/aromatic N) is 1. The molecule has 1 aromatic heterocycles. The third-order valence-electron chi connectivity index (χ3n) is 2.59. The molecule has 0 saturated carbocycles. The molecule has 0 aliphatic heterocycles. The lowest BCUT2D eigenvalue weighted by Crippen LogP contribution is -1.92. The van der Waals surface area contributed by atoms with Crippen molar-refractivity contribution in [3.8, 4) is 11.6 Å². The highest BCUT2D eigenvalue weighted by molar-refractivity contribution is 9.10. The molecule has 3 heteroatoms. The summed E-state index contributed by atoms with van der Waals surface area (Å²) in [6, 6.07) is 9.96. The maximum atomic E-state index is 5.80. The Hall–Kier alpha value is -1.35. The second-order valence-corrected chi connectivity index (χ2v) is 4.69. The van der Waals surface area contributed by atoms with Crippen LogP contribution in [0.2, 0.25) is 0 Å². The zero-order valence-electron chi connectivity index (χ0n) is 9.90. The van der Waals surface area contributed by atoms with Gasteiger partial charge in [0.25, 0.3) is 0 Å². The highest BCUT2D eigenvalue weighted by Crippen LogP contribution is 2.26. The number of ether oxygens (including phenoxy) is 1. The summed E-state index contributed by atoms with van der Waals surface area (Å²) in [7, 11) is 0. The second kappa shape index (κ2) is 5.32. The maximum Gasteiger partial charge on any atom is 0.219 e. The Morgan fingerprint density at radius 2 is 2.06 bits per heavy atom. The van der Waals surface area contributed by atoms with Crippen molar-refractivity contribution >= 4 is 15.9 Å². The molecule has 0 radical (unpaired) electrons. The molecule has 0 N–H and O–H groups in total. The number of aromatic nitrogens is 1. The molecule has 0 bridgehead atoms. The standard InChI is InChI=1S/C14H14BrNO/c1-3-11-6-4-5-7-13(11)17-14-8-10(2)12(15)9-16-14/h4-9H,3H2,1-2H3. The molecule has 1 aromatic carbocycles. The molecular weight excluding hydrogens is 278 g/mol. The number of para-hydroxylation sites is 1. The fourth-order valence-corrected chi connectivity index (χ4v) is 1.79. The van der Waals surface area contributed by atoms with Gasteiger partial charge in [0.05, 0.1) is 0 Å². The largest absolute Gasteiger partial charge is 0.439 e. The zero-order chi connectivity index (χ0) is 12.3. The van der Waals surface area contributed by atoms with E-state index in [1.165, 1.54) is 5.56 Å². The molecule has 2 nitrogen and oxygen atoms in total. The van der Waals surface area contributed by atoms with Crippen LogP contribution in [-0.2, 0) is 6.42 Å². The highest BCUT2D eigenvalue weighted by Gasteiger charge is 2.04. The quantitative estimate of drug-likeness (QED) is 0.830. The Morgan fingerprint density at radius 3 is 2.76 bits per heavy atom. The smallest absolute Gasteiger partial charge is 0.219 e. The first-order valence-electron chi connectivity index (χ1n) is 5.58. The summed E-state index contributed by atoms with van der Waals surface area (Å²) in [4.78, 5) is 4.24. The van der Waals surface area contributed by atoms with Crippen molar-refractivity contribution in [2.45, 2.75) is 20.3 Å². The van der Waals surface area contributed by atoms with E-state index < -0.39 is 0 Å². The van der Waals surface area contributed by atoms with E-state index >= 15 is 0 Å². The third-order valence-corrected chi connectivity index (χ3v) is 3.42. The summed E-state index contributed by atoms with van der Waals surface area (Å²) in [6.07, 6.45) is 2.71. The van der Waals surface area contributed by atoms with Gasteiger partial charge in [-0.3, -0.25) is 0 Å². The zero-order valence-corrected chi connectivity index (χ0v) is 11.5. The van der Waals surface area contributed by atoms with Gasteiger partial charge in [-0.15, -0.1) is 0 Å². The SMILES string of the molecule is CCc1ccccc1Oc1cc(C)c(Br)cn1. The van der Waals surface area contributed by atoms with Crippen molar-refractivity contribution in [1.29, 1.82) is 0 Å². The topological polar surface area (TPSA) is 22.1 Å². The summed E-state index contributed by atoms with van der Waals surface area (Å²) >= 11 is 3.42. The molecular formula is C14H14BrNO. The summed E-state index contributed by atoms with van der Waals surface area (Å²) in [6.45, 7) is 4.13. The average Bonchev–Trinajstić information content (AvgIpc) is 2.34. The molecule has 0 unspecified atom stereocenters. The first-order chi connectivity index (χ1) is 8.20. The Labute approximate surface area is 110 Å². The molecule has 0 aliphatic carbocycles. The molecule has 2 rings (SSSR count). The van der Waals surface area contributed by atoms with Crippen molar-refractivity contribution < 1.29 is 4.74 Å². The predicted octanol–water partition coefficient (Wildman–Crippen LogP) is 4.51. The van der Waals surface area contributed by atoms with Crippen LogP contribution in [0, 0.1) is 6.92 Å². The highest BCUT2D eigenvalue weighted by atomic mass is 79.9. The Bertz CT molecular complexity index is 525. The van der Waals surface area contributed by atoms with Crippen molar-refractivity contribution in [3.63, 3.8) is 0 Å². The lowest BCUT2D eigenvalue weighted by atomic mass is 10.1. The molecule has 0 fully saturated rings. The molecule has 1 heterocycles. The number of pyridine rings is 1. The number of benzene rings is 1. The Balaban J connectivity index is 2.28. The fraction of sp³-hybridized carbons (Fsp3) is 0.214. The molecule has 0 atom stereocenters. The number of hydrogen-bond donors (Lipinski definition) is 0. The third kappa shape index (κ3) is 2.86. The van der Waals surface area contributed by atoms with Gasteiger partial charge in [-0.25, -0.2) is 4.98 Å². The van der Waals surface area contributed by atoms with Crippen LogP contribution in [0.25, 0.3) is 0 Å². The summed E-state index contributed by atoms with van der Waals surface area (Å²) in [5.41, 5.74) is 2.30. The summed E-state index contributed by atoms with van der Waals surface area (Å²) in [5.74, 6) is 1.51. The lowest BCUT2D eigenvalue weighted by Gasteiger charge is -2.09. The monoisotopic (exact) mass is 291 g/mol. The predicted molar refractivity (Wildman–Crippen MR) is 72.6 cm³/mol. The van der Waals surface area contributed by atoms with Gasteiger partial charge in [0.2, 0.25) is 5.88 Å². The van der Waals surface area contributed by atoms with Gasteiger partial charge in [0.15, 0.2) is 0 Å². The van der Waals surface area contributed by atoms with Crippen LogP contribution in [0.4, 0.5) is 0 Å². The number of hydrogen-bond acceptors (Lipinski definition) is 2. The molecule has 0 aliphatic rings. The van der Waals surface area contributed by atoms with Crippen molar-refractivity contribution in [3.05, 3.63) is 52.1 Å². The van der Waals surface area contributed by atoms with Crippen LogP contribution < -0.4 is 4.74 Å². The number of aryl methyl sites for hydroxylation is 2. The minimum absolute atomic E-state index is 0.631. The number of rotatable bonds is 3. The minimum atomic E-state index is 0.631. The van der Waals surface area contributed by atoms with Crippen molar-refractivity contribution in [2.75, 3.05) is 0 Å². The van der Waals surface area contributed by atoms with Crippen LogP contribution in [0.5, 0.6) is 11.6 Å². The van der Waals surface area contributed by atoms with E-state index in [1.54, 1.807) is 6.20 Å². The van der Waals surface area contributed by atoms with E-state index in [9.17, 15) is 0 Å². The normalized spacial score (nSPS) is 10.3. The van der Waals surface area contributed by atoms with E-state index in [0.717, 1.165) is 22.2 Å². The first-order valence-corrected chi connectivity index (χ1v) is 6.38. The van der Waals surface area contributed by atoms with Gasteiger partial charge in [-0.05, 0) is 46.5 Å². The summed E-state index contributed by atoms with van der Waals surface area (Å²) < 4.78 is 6.80. The molecule has 0 saturated heterocycles. The van der Waals surface area contributed by atoms with E-state index in [0.29, 0.717) is 5.88 Å². The van der Waals surface area contributed by atoms with Crippen LogP contribution in [-0.4, -0.2) is 4.98 Å². The van der Waals surface area contributed by atoms with E-state index in [-0.39, 0.29) is 0 Å². The van der Waals surface area contributed by atoms with Crippen LogP contribution >= 0.6 is 15.9 Å². The molecule has 2 aromatic rings. The van der Waals surface area contributed by atoms with E-state index in [4.69, 9.17) is 4.74 Å². The van der Waals surface area contributed by atoms with Gasteiger partial charge < -0.3 is 4.74 Å². The molecule has 0 amide bonds. The van der Waals surface area contributed by atoms with Gasteiger partial charge in [-0.1, -0.05) is 25.1 Å². The fourth-order valence-electron chi connectivity index (χ4n) is 1.58. The van der Waals surface area contributed by atoms with Crippen LogP contribution in [0.3, 0.4) is 0 Å². The number of halogens is 1. The van der Waals surface area contributed by atoms with Crippen molar-refractivity contribution in [1.82, 2.24) is 4.98 Å². The van der Waals surface area contributed by atoms with Gasteiger partial charge in [0, 0.05) is 16.7 Å². The summed E-state index contributed by atoms with van der Waals surface area (Å²) in [5, 5.41) is 0. The molecule has 17 heavy (non-hydrogen) atoms. The van der Waals surface area contributed by atoms with Gasteiger partial charge in [0.1, 0.15) is 5.75 Å². The minimum Gasteiger partial charge on any atom is -0.439 e. The second-order valence-electron chi connectivity index (χ2n) is 3.84. The van der Waals surface area contributed by atoms with Crippen LogP contribution in [0.15, 0.2) is 41.0 Å². The Kier molecular flexibility index (Phi) is 3.79. The van der Waals surface area contributed by atoms with Crippen LogP contribution in [0.1, 0.15) is 18.1 Å². The lowest BCUT2D eigenvalue weighted by molar-refractivity contribution is 0.457. The first kappa shape index (κ1) is 12.1.